The van der Waals surface area contributed by atoms with E-state index >= 15 is 0 Å². The first-order valence-corrected chi connectivity index (χ1v) is 17.7. The monoisotopic (exact) mass is 476 g/mol. The number of benzene rings is 1. The molecule has 2 rings (SSSR count). The molecule has 0 saturated carbocycles. The molecule has 1 nitrogen and oxygen atoms in total. The predicted octanol–water partition coefficient (Wildman–Crippen LogP) is 7.80. The van der Waals surface area contributed by atoms with E-state index in [1.54, 1.807) is 3.58 Å². The van der Waals surface area contributed by atoms with Crippen LogP contribution >= 0.6 is 23.2 Å². The number of rotatable bonds is 10. The van der Waals surface area contributed by atoms with Gasteiger partial charge < -0.3 is 0 Å². The van der Waals surface area contributed by atoms with Crippen LogP contribution in [0.5, 0.6) is 0 Å². The summed E-state index contributed by atoms with van der Waals surface area (Å²) in [4.78, 5) is 0. The number of hydrogen-bond acceptors (Lipinski definition) is 1. The Morgan fingerprint density at radius 1 is 0.833 bits per heavy atom. The van der Waals surface area contributed by atoms with Crippen LogP contribution in [0.15, 0.2) is 22.8 Å². The van der Waals surface area contributed by atoms with Crippen LogP contribution in [0.3, 0.4) is 0 Å². The molecule has 0 unspecified atom stereocenters. The average molecular weight is 476 g/mol. The van der Waals surface area contributed by atoms with E-state index in [2.05, 4.69) is 27.0 Å². The quantitative estimate of drug-likeness (QED) is 0.319. The van der Waals surface area contributed by atoms with Gasteiger partial charge in [0, 0.05) is 0 Å². The Morgan fingerprint density at radius 2 is 1.33 bits per heavy atom. The second-order valence-corrected chi connectivity index (χ2v) is 20.9. The summed E-state index contributed by atoms with van der Waals surface area (Å²) in [6.45, 7) is 6.92. The standard InChI is InChI=1S/C8H3Cl2O.3C4H9.Sn/c9-6-3-5-1-2-11-8(5)4-7(6)10;3*1-3-4-2;/h2-4H;3*1,3-4H2,2H3;. The van der Waals surface area contributed by atoms with Crippen LogP contribution in [0.25, 0.3) is 11.0 Å². The van der Waals surface area contributed by atoms with E-state index in [0.29, 0.717) is 10.0 Å². The first-order valence-electron chi connectivity index (χ1n) is 9.44. The van der Waals surface area contributed by atoms with Crippen LogP contribution in [0, 0.1) is 0 Å². The molecule has 0 aliphatic rings. The zero-order valence-corrected chi connectivity index (χ0v) is 19.6. The number of unbranched alkanes of at least 4 members (excludes halogenated alkanes) is 3. The van der Waals surface area contributed by atoms with Crippen LogP contribution in [0.2, 0.25) is 23.4 Å². The van der Waals surface area contributed by atoms with Gasteiger partial charge in [-0.3, -0.25) is 0 Å². The number of halogens is 2. The number of fused-ring (bicyclic) bond motifs is 1. The molecule has 0 aliphatic heterocycles. The summed E-state index contributed by atoms with van der Waals surface area (Å²) in [5.41, 5.74) is 0.907. The number of furan rings is 1. The number of hydrogen-bond donors (Lipinski definition) is 0. The molecule has 0 atom stereocenters. The third kappa shape index (κ3) is 4.65. The predicted molar refractivity (Wildman–Crippen MR) is 111 cm³/mol. The summed E-state index contributed by atoms with van der Waals surface area (Å²) in [5.74, 6) is 0. The Hall–Kier alpha value is 0.139. The second-order valence-electron chi connectivity index (χ2n) is 7.00. The summed E-state index contributed by atoms with van der Waals surface area (Å²) in [5, 5.41) is 2.47. The molecule has 0 bridgehead atoms. The van der Waals surface area contributed by atoms with Crippen LogP contribution in [-0.2, 0) is 0 Å². The molecule has 1 aromatic carbocycles. The average Bonchev–Trinajstić information content (AvgIpc) is 2.98. The Bertz CT molecular complexity index is 629. The Balaban J connectivity index is 2.52. The Morgan fingerprint density at radius 3 is 1.83 bits per heavy atom. The molecule has 1 heterocycles. The molecular weight excluding hydrogens is 446 g/mol. The van der Waals surface area contributed by atoms with Crippen molar-refractivity contribution in [3.8, 4) is 0 Å². The first kappa shape index (κ1) is 20.5. The van der Waals surface area contributed by atoms with Crippen molar-refractivity contribution in [2.24, 2.45) is 0 Å². The van der Waals surface area contributed by atoms with Gasteiger partial charge in [0.25, 0.3) is 0 Å². The minimum atomic E-state index is -2.49. The summed E-state index contributed by atoms with van der Waals surface area (Å²) in [6.07, 6.45) is 9.93. The molecular formula is C20H30Cl2OSn. The summed E-state index contributed by atoms with van der Waals surface area (Å²) >= 11 is 10.0. The Kier molecular flexibility index (Phi) is 8.29. The third-order valence-electron chi connectivity index (χ3n) is 5.21. The van der Waals surface area contributed by atoms with Gasteiger partial charge >= 0.3 is 162 Å². The summed E-state index contributed by atoms with van der Waals surface area (Å²) < 4.78 is 11.8. The van der Waals surface area contributed by atoms with Gasteiger partial charge in [0.2, 0.25) is 0 Å². The van der Waals surface area contributed by atoms with Crippen molar-refractivity contribution in [3.05, 3.63) is 28.4 Å². The van der Waals surface area contributed by atoms with Crippen LogP contribution < -0.4 is 3.58 Å². The fourth-order valence-electron chi connectivity index (χ4n) is 3.76. The van der Waals surface area contributed by atoms with E-state index in [9.17, 15) is 0 Å². The van der Waals surface area contributed by atoms with Gasteiger partial charge in [-0.25, -0.2) is 0 Å². The van der Waals surface area contributed by atoms with Crippen LogP contribution in [0.4, 0.5) is 0 Å². The van der Waals surface area contributed by atoms with E-state index in [4.69, 9.17) is 27.6 Å². The van der Waals surface area contributed by atoms with Gasteiger partial charge in [-0.15, -0.1) is 0 Å². The zero-order chi connectivity index (χ0) is 17.6. The molecule has 0 aliphatic carbocycles. The van der Waals surface area contributed by atoms with Crippen molar-refractivity contribution in [2.75, 3.05) is 0 Å². The van der Waals surface area contributed by atoms with Crippen LogP contribution in [0.1, 0.15) is 59.3 Å². The SMILES string of the molecule is CCC[CH2][Sn]([CH2]CCC)([CH2]CCC)[c]1coc2cc(Cl)c(Cl)cc12. The fourth-order valence-corrected chi connectivity index (χ4v) is 20.4. The summed E-state index contributed by atoms with van der Waals surface area (Å²) in [7, 11) is 0. The molecule has 0 spiro atoms. The summed E-state index contributed by atoms with van der Waals surface area (Å²) in [6, 6.07) is 3.94. The van der Waals surface area contributed by atoms with Crippen molar-refractivity contribution in [1.82, 2.24) is 0 Å². The maximum atomic E-state index is 6.33. The van der Waals surface area contributed by atoms with E-state index in [-0.39, 0.29) is 0 Å². The molecule has 1 aromatic heterocycles. The van der Waals surface area contributed by atoms with Crippen molar-refractivity contribution in [2.45, 2.75) is 72.6 Å². The van der Waals surface area contributed by atoms with Gasteiger partial charge in [0.15, 0.2) is 0 Å². The molecule has 2 aromatic rings. The first-order chi connectivity index (χ1) is 11.6. The van der Waals surface area contributed by atoms with E-state index < -0.39 is 18.4 Å². The molecule has 0 amide bonds. The topological polar surface area (TPSA) is 13.1 Å². The van der Waals surface area contributed by atoms with E-state index in [1.807, 2.05) is 12.1 Å². The van der Waals surface area contributed by atoms with Crippen LogP contribution in [-0.4, -0.2) is 18.4 Å². The minimum absolute atomic E-state index is 0.585. The van der Waals surface area contributed by atoms with Gasteiger partial charge in [0.05, 0.1) is 0 Å². The van der Waals surface area contributed by atoms with Crippen molar-refractivity contribution in [3.63, 3.8) is 0 Å². The van der Waals surface area contributed by atoms with Crippen molar-refractivity contribution < 1.29 is 4.42 Å². The zero-order valence-electron chi connectivity index (χ0n) is 15.3. The molecule has 0 saturated heterocycles. The van der Waals surface area contributed by atoms with Crippen molar-refractivity contribution >= 4 is 56.1 Å². The second kappa shape index (κ2) is 9.73. The van der Waals surface area contributed by atoms with Gasteiger partial charge in [-0.1, -0.05) is 0 Å². The van der Waals surface area contributed by atoms with E-state index in [1.165, 1.54) is 57.2 Å². The molecule has 134 valence electrons. The molecule has 24 heavy (non-hydrogen) atoms. The fraction of sp³-hybridized carbons (Fsp3) is 0.600. The van der Waals surface area contributed by atoms with Gasteiger partial charge in [-0.2, -0.15) is 0 Å². The Labute approximate surface area is 161 Å². The third-order valence-corrected chi connectivity index (χ3v) is 21.5. The maximum absolute atomic E-state index is 6.33. The van der Waals surface area contributed by atoms with Gasteiger partial charge in [-0.05, 0) is 0 Å². The van der Waals surface area contributed by atoms with Gasteiger partial charge in [0.1, 0.15) is 0 Å². The normalized spacial score (nSPS) is 12.2. The van der Waals surface area contributed by atoms with Crippen molar-refractivity contribution in [1.29, 1.82) is 0 Å². The molecule has 0 radical (unpaired) electrons. The van der Waals surface area contributed by atoms with E-state index in [0.717, 1.165) is 5.58 Å². The molecule has 4 heteroatoms. The molecule has 0 N–H and O–H groups in total. The molecule has 0 fully saturated rings.